The molecule has 2 aromatic carbocycles. The number of para-hydroxylation sites is 1. The summed E-state index contributed by atoms with van der Waals surface area (Å²) in [5.41, 5.74) is 3.29. The highest BCUT2D eigenvalue weighted by atomic mass is 19.1. The third kappa shape index (κ3) is 2.59. The van der Waals surface area contributed by atoms with Gasteiger partial charge in [-0.15, -0.1) is 5.10 Å². The lowest BCUT2D eigenvalue weighted by molar-refractivity contribution is 0.430. The molecule has 6 nitrogen and oxygen atoms in total. The maximum atomic E-state index is 14.0. The molecule has 25 heavy (non-hydrogen) atoms. The minimum absolute atomic E-state index is 0.248. The van der Waals surface area contributed by atoms with Crippen LogP contribution in [-0.2, 0) is 0 Å². The van der Waals surface area contributed by atoms with E-state index in [1.165, 1.54) is 10.7 Å². The molecular formula is C18H14FN5O. The van der Waals surface area contributed by atoms with Gasteiger partial charge in [-0.3, -0.25) is 0 Å². The van der Waals surface area contributed by atoms with Gasteiger partial charge in [0.2, 0.25) is 5.82 Å². The number of aromatic nitrogens is 5. The summed E-state index contributed by atoms with van der Waals surface area (Å²) in [6.07, 6.45) is 0. The Morgan fingerprint density at radius 3 is 2.56 bits per heavy atom. The van der Waals surface area contributed by atoms with Gasteiger partial charge in [0.15, 0.2) is 5.69 Å². The van der Waals surface area contributed by atoms with E-state index in [4.69, 9.17) is 4.52 Å². The first-order chi connectivity index (χ1) is 12.1. The Labute approximate surface area is 142 Å². The van der Waals surface area contributed by atoms with E-state index in [9.17, 15) is 4.39 Å². The first-order valence-electron chi connectivity index (χ1n) is 7.72. The van der Waals surface area contributed by atoms with Crippen LogP contribution in [0.2, 0.25) is 0 Å². The summed E-state index contributed by atoms with van der Waals surface area (Å²) < 4.78 is 20.8. The maximum Gasteiger partial charge on any atom is 0.280 e. The first-order valence-corrected chi connectivity index (χ1v) is 7.72. The van der Waals surface area contributed by atoms with Crippen molar-refractivity contribution in [3.63, 3.8) is 0 Å². The summed E-state index contributed by atoms with van der Waals surface area (Å²) in [7, 11) is 0. The molecule has 0 radical (unpaired) electrons. The highest BCUT2D eigenvalue weighted by molar-refractivity contribution is 5.62. The van der Waals surface area contributed by atoms with Gasteiger partial charge < -0.3 is 4.52 Å². The molecule has 0 saturated heterocycles. The Morgan fingerprint density at radius 2 is 1.76 bits per heavy atom. The highest BCUT2D eigenvalue weighted by Crippen LogP contribution is 2.26. The van der Waals surface area contributed by atoms with E-state index < -0.39 is 0 Å². The second kappa shape index (κ2) is 5.94. The minimum Gasteiger partial charge on any atom is -0.332 e. The molecule has 2 heterocycles. The fourth-order valence-electron chi connectivity index (χ4n) is 2.63. The van der Waals surface area contributed by atoms with Crippen molar-refractivity contribution in [1.82, 2.24) is 25.1 Å². The Kier molecular flexibility index (Phi) is 3.61. The predicted molar refractivity (Wildman–Crippen MR) is 89.5 cm³/mol. The lowest BCUT2D eigenvalue weighted by Crippen LogP contribution is -2.01. The molecule has 0 N–H and O–H groups in total. The van der Waals surface area contributed by atoms with Crippen molar-refractivity contribution in [2.75, 3.05) is 0 Å². The van der Waals surface area contributed by atoms with E-state index >= 15 is 0 Å². The Hall–Kier alpha value is -3.35. The standard InChI is InChI=1S/C18H14FN5O/c1-11-7-3-4-8-13(11)17-20-18(25-22-17)16-12(2)24(23-21-16)15-10-6-5-9-14(15)19/h3-10H,1-2H3. The summed E-state index contributed by atoms with van der Waals surface area (Å²) in [5.74, 6) is 0.347. The van der Waals surface area contributed by atoms with Crippen LogP contribution in [0.3, 0.4) is 0 Å². The molecule has 0 aliphatic rings. The number of halogens is 1. The summed E-state index contributed by atoms with van der Waals surface area (Å²) in [5, 5.41) is 12.1. The topological polar surface area (TPSA) is 69.6 Å². The average Bonchev–Trinajstić information content (AvgIpc) is 3.23. The third-order valence-corrected chi connectivity index (χ3v) is 3.99. The Balaban J connectivity index is 1.75. The van der Waals surface area contributed by atoms with Crippen molar-refractivity contribution >= 4 is 0 Å². The molecule has 0 atom stereocenters. The lowest BCUT2D eigenvalue weighted by Gasteiger charge is -2.03. The van der Waals surface area contributed by atoms with Crippen molar-refractivity contribution in [3.05, 3.63) is 65.6 Å². The second-order valence-electron chi connectivity index (χ2n) is 5.62. The molecule has 0 saturated carbocycles. The summed E-state index contributed by atoms with van der Waals surface area (Å²) >= 11 is 0. The van der Waals surface area contributed by atoms with Gasteiger partial charge in [-0.25, -0.2) is 9.07 Å². The fraction of sp³-hybridized carbons (Fsp3) is 0.111. The molecule has 2 aromatic heterocycles. The molecule has 0 fully saturated rings. The van der Waals surface area contributed by atoms with Crippen LogP contribution in [0.15, 0.2) is 53.1 Å². The first kappa shape index (κ1) is 15.2. The third-order valence-electron chi connectivity index (χ3n) is 3.99. The molecule has 0 bridgehead atoms. The second-order valence-corrected chi connectivity index (χ2v) is 5.62. The van der Waals surface area contributed by atoms with E-state index in [0.29, 0.717) is 22.9 Å². The van der Waals surface area contributed by atoms with Crippen molar-refractivity contribution in [3.8, 4) is 28.7 Å². The van der Waals surface area contributed by atoms with E-state index in [1.54, 1.807) is 25.1 Å². The van der Waals surface area contributed by atoms with Gasteiger partial charge in [-0.2, -0.15) is 4.98 Å². The van der Waals surface area contributed by atoms with Gasteiger partial charge in [-0.05, 0) is 31.5 Å². The van der Waals surface area contributed by atoms with Crippen LogP contribution in [-0.4, -0.2) is 25.1 Å². The molecular weight excluding hydrogens is 321 g/mol. The van der Waals surface area contributed by atoms with Gasteiger partial charge in [0.25, 0.3) is 5.89 Å². The van der Waals surface area contributed by atoms with E-state index in [1.807, 2.05) is 31.2 Å². The SMILES string of the molecule is Cc1ccccc1-c1noc(-c2nnn(-c3ccccc3F)c2C)n1. The van der Waals surface area contributed by atoms with Gasteiger partial charge >= 0.3 is 0 Å². The van der Waals surface area contributed by atoms with E-state index in [0.717, 1.165) is 11.1 Å². The van der Waals surface area contributed by atoms with Crippen LogP contribution < -0.4 is 0 Å². The summed E-state index contributed by atoms with van der Waals surface area (Å²) in [6.45, 7) is 3.75. The van der Waals surface area contributed by atoms with Crippen molar-refractivity contribution in [2.45, 2.75) is 13.8 Å². The average molecular weight is 335 g/mol. The number of hydrogen-bond acceptors (Lipinski definition) is 5. The lowest BCUT2D eigenvalue weighted by atomic mass is 10.1. The number of rotatable bonds is 3. The van der Waals surface area contributed by atoms with Crippen LogP contribution in [0.5, 0.6) is 0 Å². The molecule has 0 spiro atoms. The fourth-order valence-corrected chi connectivity index (χ4v) is 2.63. The normalized spacial score (nSPS) is 11.0. The molecule has 124 valence electrons. The van der Waals surface area contributed by atoms with Gasteiger partial charge in [0, 0.05) is 5.56 Å². The molecule has 0 amide bonds. The molecule has 7 heteroatoms. The number of benzene rings is 2. The predicted octanol–water partition coefficient (Wildman–Crippen LogP) is 3.74. The zero-order valence-electron chi connectivity index (χ0n) is 13.6. The quantitative estimate of drug-likeness (QED) is 0.570. The van der Waals surface area contributed by atoms with E-state index in [-0.39, 0.29) is 11.7 Å². The zero-order valence-corrected chi connectivity index (χ0v) is 13.6. The van der Waals surface area contributed by atoms with Crippen LogP contribution in [0.1, 0.15) is 11.3 Å². The number of nitrogens with zero attached hydrogens (tertiary/aromatic N) is 5. The zero-order chi connectivity index (χ0) is 17.4. The van der Waals surface area contributed by atoms with Gasteiger partial charge in [-0.1, -0.05) is 46.8 Å². The van der Waals surface area contributed by atoms with Crippen LogP contribution in [0.4, 0.5) is 4.39 Å². The smallest absolute Gasteiger partial charge is 0.280 e. The number of aryl methyl sites for hydroxylation is 1. The van der Waals surface area contributed by atoms with Gasteiger partial charge in [0.05, 0.1) is 5.69 Å². The van der Waals surface area contributed by atoms with Crippen molar-refractivity contribution < 1.29 is 8.91 Å². The summed E-state index contributed by atoms with van der Waals surface area (Å²) in [4.78, 5) is 4.41. The number of hydrogen-bond donors (Lipinski definition) is 0. The summed E-state index contributed by atoms with van der Waals surface area (Å²) in [6, 6.07) is 14.1. The molecule has 4 rings (SSSR count). The molecule has 0 aliphatic heterocycles. The molecule has 4 aromatic rings. The van der Waals surface area contributed by atoms with Gasteiger partial charge in [0.1, 0.15) is 11.5 Å². The highest BCUT2D eigenvalue weighted by Gasteiger charge is 2.20. The minimum atomic E-state index is -0.381. The van der Waals surface area contributed by atoms with Crippen LogP contribution in [0.25, 0.3) is 28.7 Å². The Bertz CT molecular complexity index is 1050. The molecule has 0 aliphatic carbocycles. The molecule has 0 unspecified atom stereocenters. The van der Waals surface area contributed by atoms with Crippen molar-refractivity contribution in [1.29, 1.82) is 0 Å². The van der Waals surface area contributed by atoms with Crippen LogP contribution in [0, 0.1) is 19.7 Å². The maximum absolute atomic E-state index is 14.0. The van der Waals surface area contributed by atoms with E-state index in [2.05, 4.69) is 20.5 Å². The van der Waals surface area contributed by atoms with Crippen LogP contribution >= 0.6 is 0 Å². The van der Waals surface area contributed by atoms with Crippen molar-refractivity contribution in [2.24, 2.45) is 0 Å². The Morgan fingerprint density at radius 1 is 1.00 bits per heavy atom. The monoisotopic (exact) mass is 335 g/mol. The largest absolute Gasteiger partial charge is 0.332 e.